The Morgan fingerprint density at radius 1 is 1.00 bits per heavy atom. The molecule has 0 fully saturated rings. The third-order valence-corrected chi connectivity index (χ3v) is 4.84. The molecule has 0 N–H and O–H groups in total. The van der Waals surface area contributed by atoms with Crippen molar-refractivity contribution in [3.63, 3.8) is 0 Å². The van der Waals surface area contributed by atoms with Crippen LogP contribution in [0.25, 0.3) is 27.8 Å². The van der Waals surface area contributed by atoms with Gasteiger partial charge < -0.3 is 4.57 Å². The van der Waals surface area contributed by atoms with Gasteiger partial charge in [0.05, 0.1) is 16.8 Å². The molecule has 0 saturated carbocycles. The number of pyridine rings is 1. The maximum absolute atomic E-state index is 12.4. The quantitative estimate of drug-likeness (QED) is 0.500. The Labute approximate surface area is 155 Å². The highest BCUT2D eigenvalue weighted by molar-refractivity contribution is 5.93. The minimum Gasteiger partial charge on any atom is -0.342 e. The van der Waals surface area contributed by atoms with Crippen molar-refractivity contribution in [2.75, 3.05) is 0 Å². The Hall–Kier alpha value is -3.67. The Balaban J connectivity index is 1.61. The third-order valence-electron chi connectivity index (χ3n) is 4.84. The molecule has 0 aliphatic carbocycles. The second kappa shape index (κ2) is 5.95. The van der Waals surface area contributed by atoms with E-state index in [9.17, 15) is 4.79 Å². The lowest BCUT2D eigenvalue weighted by molar-refractivity contribution is 0.747. The van der Waals surface area contributed by atoms with Gasteiger partial charge in [-0.1, -0.05) is 30.3 Å². The molecule has 6 nitrogen and oxygen atoms in total. The minimum absolute atomic E-state index is 0.0708. The second-order valence-electron chi connectivity index (χ2n) is 6.58. The highest BCUT2D eigenvalue weighted by Gasteiger charge is 2.18. The average Bonchev–Trinajstić information content (AvgIpc) is 3.33. The average molecular weight is 355 g/mol. The molecule has 6 heteroatoms. The molecule has 2 aromatic carbocycles. The summed E-state index contributed by atoms with van der Waals surface area (Å²) in [4.78, 5) is 12.4. The van der Waals surface area contributed by atoms with Gasteiger partial charge >= 0.3 is 0 Å². The number of nitrogens with zero attached hydrogens (tertiary/aromatic N) is 5. The van der Waals surface area contributed by atoms with Gasteiger partial charge in [0.1, 0.15) is 5.69 Å². The molecule has 5 rings (SSSR count). The van der Waals surface area contributed by atoms with E-state index in [1.54, 1.807) is 13.2 Å². The van der Waals surface area contributed by atoms with E-state index in [4.69, 9.17) is 0 Å². The number of para-hydroxylation sites is 1. The molecule has 3 heterocycles. The monoisotopic (exact) mass is 355 g/mol. The molecule has 0 unspecified atom stereocenters. The predicted octanol–water partition coefficient (Wildman–Crippen LogP) is 3.07. The molecule has 27 heavy (non-hydrogen) atoms. The summed E-state index contributed by atoms with van der Waals surface area (Å²) in [5.74, 6) is 0. The minimum atomic E-state index is -0.0708. The van der Waals surface area contributed by atoms with Gasteiger partial charge in [0.2, 0.25) is 0 Å². The molecule has 132 valence electrons. The van der Waals surface area contributed by atoms with Crippen LogP contribution in [0.3, 0.4) is 0 Å². The van der Waals surface area contributed by atoms with Crippen molar-refractivity contribution in [1.82, 2.24) is 24.1 Å². The Morgan fingerprint density at radius 3 is 2.59 bits per heavy atom. The predicted molar refractivity (Wildman–Crippen MR) is 104 cm³/mol. The van der Waals surface area contributed by atoms with E-state index in [1.165, 1.54) is 4.68 Å². The van der Waals surface area contributed by atoms with Gasteiger partial charge in [0, 0.05) is 37.6 Å². The van der Waals surface area contributed by atoms with Crippen LogP contribution in [0.1, 0.15) is 5.56 Å². The number of benzene rings is 2. The number of rotatable bonds is 3. The zero-order chi connectivity index (χ0) is 18.4. The first kappa shape index (κ1) is 15.6. The van der Waals surface area contributed by atoms with Crippen LogP contribution in [-0.2, 0) is 13.6 Å². The van der Waals surface area contributed by atoms with E-state index in [2.05, 4.69) is 33.0 Å². The third kappa shape index (κ3) is 2.54. The number of hydrogen-bond acceptors (Lipinski definition) is 3. The van der Waals surface area contributed by atoms with Crippen molar-refractivity contribution in [1.29, 1.82) is 0 Å². The smallest absolute Gasteiger partial charge is 0.277 e. The zero-order valence-corrected chi connectivity index (χ0v) is 14.8. The maximum Gasteiger partial charge on any atom is 0.277 e. The molecule has 2 aliphatic rings. The summed E-state index contributed by atoms with van der Waals surface area (Å²) in [6.45, 7) is 0.671. The normalized spacial score (nSPS) is 11.4. The lowest BCUT2D eigenvalue weighted by Gasteiger charge is -2.14. The Bertz CT molecular complexity index is 1260. The largest absolute Gasteiger partial charge is 0.342 e. The second-order valence-corrected chi connectivity index (χ2v) is 6.58. The van der Waals surface area contributed by atoms with E-state index in [0.717, 1.165) is 27.8 Å². The van der Waals surface area contributed by atoms with E-state index in [-0.39, 0.29) is 5.56 Å². The molecule has 0 saturated heterocycles. The van der Waals surface area contributed by atoms with Crippen molar-refractivity contribution in [3.8, 4) is 16.9 Å². The van der Waals surface area contributed by atoms with Gasteiger partial charge in [0.25, 0.3) is 5.56 Å². The van der Waals surface area contributed by atoms with Crippen molar-refractivity contribution in [3.05, 3.63) is 89.1 Å². The fourth-order valence-corrected chi connectivity index (χ4v) is 3.49. The van der Waals surface area contributed by atoms with Crippen LogP contribution in [0.2, 0.25) is 0 Å². The first-order chi connectivity index (χ1) is 13.2. The van der Waals surface area contributed by atoms with Gasteiger partial charge in [-0.25, -0.2) is 9.36 Å². The molecule has 0 spiro atoms. The standard InChI is InChI=1S/C21H17N5O/c1-24-21(27)18-14-25(19-6-3-2-5-17(19)20(18)23-24)13-15-7-9-16(10-8-15)26-12-4-11-22-26/h2-12,14H,13H2,1H3. The van der Waals surface area contributed by atoms with Crippen LogP contribution in [0.4, 0.5) is 0 Å². The molecule has 1 aromatic heterocycles. The summed E-state index contributed by atoms with van der Waals surface area (Å²) in [5.41, 5.74) is 4.55. The van der Waals surface area contributed by atoms with Crippen molar-refractivity contribution >= 4 is 10.9 Å². The summed E-state index contributed by atoms with van der Waals surface area (Å²) < 4.78 is 5.35. The first-order valence-electron chi connectivity index (χ1n) is 8.74. The first-order valence-corrected chi connectivity index (χ1v) is 8.74. The molecular formula is C21H17N5O. The summed E-state index contributed by atoms with van der Waals surface area (Å²) in [7, 11) is 1.69. The van der Waals surface area contributed by atoms with E-state index in [1.807, 2.05) is 53.5 Å². The van der Waals surface area contributed by atoms with Crippen molar-refractivity contribution in [2.24, 2.45) is 7.05 Å². The highest BCUT2D eigenvalue weighted by atomic mass is 16.1. The van der Waals surface area contributed by atoms with Gasteiger partial charge in [-0.05, 0) is 29.8 Å². The van der Waals surface area contributed by atoms with Crippen LogP contribution in [-0.4, -0.2) is 24.1 Å². The highest BCUT2D eigenvalue weighted by Crippen LogP contribution is 2.27. The van der Waals surface area contributed by atoms with Gasteiger partial charge in [-0.2, -0.15) is 10.2 Å². The lowest BCUT2D eigenvalue weighted by Crippen LogP contribution is -2.13. The maximum atomic E-state index is 12.4. The fraction of sp³-hybridized carbons (Fsp3) is 0.0952. The van der Waals surface area contributed by atoms with Crippen LogP contribution in [0.15, 0.2) is 78.0 Å². The van der Waals surface area contributed by atoms with E-state index >= 15 is 0 Å². The van der Waals surface area contributed by atoms with E-state index in [0.29, 0.717) is 12.1 Å². The Kier molecular flexibility index (Phi) is 3.43. The van der Waals surface area contributed by atoms with Crippen LogP contribution in [0, 0.1) is 0 Å². The van der Waals surface area contributed by atoms with Gasteiger partial charge in [-0.15, -0.1) is 0 Å². The molecule has 0 amide bonds. The lowest BCUT2D eigenvalue weighted by atomic mass is 10.1. The topological polar surface area (TPSA) is 57.6 Å². The molecular weight excluding hydrogens is 338 g/mol. The number of fused-ring (bicyclic) bond motifs is 3. The SMILES string of the molecule is Cn1nc2c3ccccc3n(Cc3ccc(-n4cccn4)cc3)cc-2c1=O. The molecule has 0 bridgehead atoms. The summed E-state index contributed by atoms with van der Waals surface area (Å²) in [6, 6.07) is 18.2. The van der Waals surface area contributed by atoms with Crippen LogP contribution < -0.4 is 5.56 Å². The summed E-state index contributed by atoms with van der Waals surface area (Å²) in [5, 5.41) is 9.65. The van der Waals surface area contributed by atoms with Crippen LogP contribution in [0.5, 0.6) is 0 Å². The Morgan fingerprint density at radius 2 is 1.81 bits per heavy atom. The summed E-state index contributed by atoms with van der Waals surface area (Å²) >= 11 is 0. The molecule has 2 aliphatic heterocycles. The molecule has 3 aromatic rings. The van der Waals surface area contributed by atoms with E-state index < -0.39 is 0 Å². The fourth-order valence-electron chi connectivity index (χ4n) is 3.49. The van der Waals surface area contributed by atoms with Crippen LogP contribution >= 0.6 is 0 Å². The van der Waals surface area contributed by atoms with Crippen molar-refractivity contribution < 1.29 is 0 Å². The summed E-state index contributed by atoms with van der Waals surface area (Å²) in [6.07, 6.45) is 5.59. The number of hydrogen-bond donors (Lipinski definition) is 0. The zero-order valence-electron chi connectivity index (χ0n) is 14.8. The van der Waals surface area contributed by atoms with Crippen molar-refractivity contribution in [2.45, 2.75) is 6.54 Å². The number of aryl methyl sites for hydroxylation is 1. The molecule has 0 atom stereocenters. The number of aromatic nitrogens is 5. The molecule has 0 radical (unpaired) electrons. The van der Waals surface area contributed by atoms with Gasteiger partial charge in [0.15, 0.2) is 0 Å². The van der Waals surface area contributed by atoms with Gasteiger partial charge in [-0.3, -0.25) is 4.79 Å².